The molecule has 0 unspecified atom stereocenters. The van der Waals surface area contributed by atoms with E-state index in [0.717, 1.165) is 4.47 Å². The second-order valence-electron chi connectivity index (χ2n) is 9.92. The molecule has 5 rings (SSSR count). The van der Waals surface area contributed by atoms with Crippen molar-refractivity contribution in [3.63, 3.8) is 0 Å². The van der Waals surface area contributed by atoms with Crippen LogP contribution in [0.25, 0.3) is 0 Å². The molecule has 0 saturated heterocycles. The molecule has 1 N–H and O–H groups in total. The molecule has 0 atom stereocenters. The molecule has 4 aliphatic carbocycles. The van der Waals surface area contributed by atoms with Gasteiger partial charge in [-0.3, -0.25) is 0 Å². The van der Waals surface area contributed by atoms with Crippen LogP contribution in [0.3, 0.4) is 0 Å². The summed E-state index contributed by atoms with van der Waals surface area (Å²) in [6.07, 6.45) is 7.83. The van der Waals surface area contributed by atoms with Gasteiger partial charge in [-0.25, -0.2) is 0 Å². The fourth-order valence-electron chi connectivity index (χ4n) is 7.72. The summed E-state index contributed by atoms with van der Waals surface area (Å²) in [5, 5.41) is 10.8. The van der Waals surface area contributed by atoms with Crippen molar-refractivity contribution in [2.24, 2.45) is 16.2 Å². The van der Waals surface area contributed by atoms with Gasteiger partial charge in [0, 0.05) is 11.0 Å². The average molecular weight is 363 g/mol. The molecule has 120 valence electrons. The van der Waals surface area contributed by atoms with Gasteiger partial charge in [-0.15, -0.1) is 0 Å². The molecule has 0 aliphatic heterocycles. The number of benzene rings is 1. The molecular weight excluding hydrogens is 336 g/mol. The number of phenols is 1. The summed E-state index contributed by atoms with van der Waals surface area (Å²) >= 11 is 3.57. The fraction of sp³-hybridized carbons (Fsp3) is 0.700. The Bertz CT molecular complexity index is 608. The fourth-order valence-corrected chi connectivity index (χ4v) is 8.29. The monoisotopic (exact) mass is 362 g/mol. The van der Waals surface area contributed by atoms with Crippen LogP contribution >= 0.6 is 15.9 Å². The van der Waals surface area contributed by atoms with E-state index in [0.29, 0.717) is 22.0 Å². The van der Waals surface area contributed by atoms with Gasteiger partial charge in [0.15, 0.2) is 0 Å². The Morgan fingerprint density at radius 1 is 0.864 bits per heavy atom. The first-order chi connectivity index (χ1) is 10.1. The highest BCUT2D eigenvalue weighted by Crippen LogP contribution is 2.74. The lowest BCUT2D eigenvalue weighted by Crippen LogP contribution is -2.60. The lowest BCUT2D eigenvalue weighted by molar-refractivity contribution is -0.152. The molecule has 0 spiro atoms. The lowest BCUT2D eigenvalue weighted by Gasteiger charge is -2.69. The van der Waals surface area contributed by atoms with Gasteiger partial charge in [-0.2, -0.15) is 0 Å². The van der Waals surface area contributed by atoms with Crippen molar-refractivity contribution in [3.05, 3.63) is 27.7 Å². The smallest absolute Gasteiger partial charge is 0.133 e. The lowest BCUT2D eigenvalue weighted by atomic mass is 9.35. The van der Waals surface area contributed by atoms with Crippen molar-refractivity contribution < 1.29 is 5.11 Å². The van der Waals surface area contributed by atoms with Crippen molar-refractivity contribution >= 4 is 15.9 Å². The Labute approximate surface area is 142 Å². The molecule has 1 aromatic carbocycles. The highest BCUT2D eigenvalue weighted by molar-refractivity contribution is 9.10. The number of halogens is 1. The quantitative estimate of drug-likeness (QED) is 0.639. The second-order valence-corrected chi connectivity index (χ2v) is 10.8. The molecule has 0 aromatic heterocycles. The summed E-state index contributed by atoms with van der Waals surface area (Å²) in [6.45, 7) is 9.63. The van der Waals surface area contributed by atoms with Crippen LogP contribution in [-0.4, -0.2) is 5.11 Å². The Hall–Kier alpha value is -0.500. The van der Waals surface area contributed by atoms with Crippen LogP contribution in [0.4, 0.5) is 0 Å². The predicted octanol–water partition coefficient (Wildman–Crippen LogP) is 6.10. The Morgan fingerprint density at radius 3 is 1.77 bits per heavy atom. The third-order valence-electron chi connectivity index (χ3n) is 6.64. The standard InChI is InChI=1S/C20H27BrO/c1-13-5-14(16(22)15(21)6-13)20-10-17(2)7-18(3,11-20)9-19(4,8-17)12-20/h5-6,22H,7-12H2,1-4H3. The summed E-state index contributed by atoms with van der Waals surface area (Å²) in [6, 6.07) is 4.29. The second kappa shape index (κ2) is 4.12. The van der Waals surface area contributed by atoms with E-state index in [9.17, 15) is 5.11 Å². The molecular formula is C20H27BrO. The van der Waals surface area contributed by atoms with Gasteiger partial charge in [0.1, 0.15) is 5.75 Å². The zero-order valence-corrected chi connectivity index (χ0v) is 15.8. The first-order valence-electron chi connectivity index (χ1n) is 8.56. The SMILES string of the molecule is Cc1cc(Br)c(O)c(C23CC4(C)CC(C)(CC(C)(C4)C2)C3)c1. The number of hydrogen-bond acceptors (Lipinski definition) is 1. The first-order valence-corrected chi connectivity index (χ1v) is 9.35. The van der Waals surface area contributed by atoms with E-state index < -0.39 is 0 Å². The number of aryl methyl sites for hydroxylation is 1. The van der Waals surface area contributed by atoms with E-state index in [2.05, 4.69) is 49.7 Å². The maximum absolute atomic E-state index is 10.8. The van der Waals surface area contributed by atoms with Crippen molar-refractivity contribution in [2.45, 2.75) is 71.6 Å². The molecule has 0 amide bonds. The Balaban J connectivity index is 1.92. The molecule has 1 nitrogen and oxygen atoms in total. The minimum absolute atomic E-state index is 0.172. The van der Waals surface area contributed by atoms with Gasteiger partial charge in [-0.1, -0.05) is 26.8 Å². The van der Waals surface area contributed by atoms with Crippen LogP contribution in [0.15, 0.2) is 16.6 Å². The van der Waals surface area contributed by atoms with Crippen LogP contribution < -0.4 is 0 Å². The summed E-state index contributed by atoms with van der Waals surface area (Å²) in [4.78, 5) is 0. The van der Waals surface area contributed by atoms with E-state index in [1.807, 2.05) is 6.07 Å². The number of rotatable bonds is 1. The number of phenolic OH excluding ortho intramolecular Hbond substituents is 1. The molecule has 1 aromatic rings. The van der Waals surface area contributed by atoms with Crippen LogP contribution in [-0.2, 0) is 5.41 Å². The van der Waals surface area contributed by atoms with Gasteiger partial charge in [0.05, 0.1) is 4.47 Å². The molecule has 4 aliphatic rings. The van der Waals surface area contributed by atoms with E-state index in [-0.39, 0.29) is 5.41 Å². The van der Waals surface area contributed by atoms with Crippen molar-refractivity contribution in [3.8, 4) is 5.75 Å². The summed E-state index contributed by atoms with van der Waals surface area (Å²) in [5.74, 6) is 0.489. The van der Waals surface area contributed by atoms with Gasteiger partial charge in [0.25, 0.3) is 0 Å². The van der Waals surface area contributed by atoms with Crippen molar-refractivity contribution in [1.29, 1.82) is 0 Å². The highest BCUT2D eigenvalue weighted by atomic mass is 79.9. The minimum atomic E-state index is 0.172. The van der Waals surface area contributed by atoms with Gasteiger partial charge in [0.2, 0.25) is 0 Å². The topological polar surface area (TPSA) is 20.2 Å². The molecule has 4 bridgehead atoms. The van der Waals surface area contributed by atoms with Gasteiger partial charge >= 0.3 is 0 Å². The van der Waals surface area contributed by atoms with Crippen LogP contribution in [0.2, 0.25) is 0 Å². The molecule has 22 heavy (non-hydrogen) atoms. The largest absolute Gasteiger partial charge is 0.506 e. The van der Waals surface area contributed by atoms with Crippen molar-refractivity contribution in [1.82, 2.24) is 0 Å². The maximum Gasteiger partial charge on any atom is 0.133 e. The van der Waals surface area contributed by atoms with E-state index in [4.69, 9.17) is 0 Å². The molecule has 4 fully saturated rings. The zero-order valence-electron chi connectivity index (χ0n) is 14.2. The maximum atomic E-state index is 10.8. The molecule has 0 heterocycles. The average Bonchev–Trinajstić information content (AvgIpc) is 2.27. The van der Waals surface area contributed by atoms with E-state index in [1.54, 1.807) is 0 Å². The number of aromatic hydroxyl groups is 1. The van der Waals surface area contributed by atoms with Gasteiger partial charge in [-0.05, 0) is 89.3 Å². The minimum Gasteiger partial charge on any atom is -0.506 e. The third kappa shape index (κ3) is 2.02. The number of hydrogen-bond donors (Lipinski definition) is 1. The Morgan fingerprint density at radius 2 is 1.32 bits per heavy atom. The van der Waals surface area contributed by atoms with E-state index in [1.165, 1.54) is 49.7 Å². The zero-order chi connectivity index (χ0) is 16.0. The summed E-state index contributed by atoms with van der Waals surface area (Å²) in [7, 11) is 0. The predicted molar refractivity (Wildman–Crippen MR) is 94.2 cm³/mol. The van der Waals surface area contributed by atoms with Crippen LogP contribution in [0, 0.1) is 23.2 Å². The molecule has 0 radical (unpaired) electrons. The Kier molecular flexibility index (Phi) is 2.82. The molecule has 2 heteroatoms. The first kappa shape index (κ1) is 15.1. The van der Waals surface area contributed by atoms with Crippen LogP contribution in [0.5, 0.6) is 5.75 Å². The molecule has 4 saturated carbocycles. The summed E-state index contributed by atoms with van der Waals surface area (Å²) < 4.78 is 0.860. The normalized spacial score (nSPS) is 46.2. The van der Waals surface area contributed by atoms with Gasteiger partial charge < -0.3 is 5.11 Å². The summed E-state index contributed by atoms with van der Waals surface area (Å²) in [5.41, 5.74) is 3.96. The third-order valence-corrected chi connectivity index (χ3v) is 7.24. The van der Waals surface area contributed by atoms with E-state index >= 15 is 0 Å². The van der Waals surface area contributed by atoms with Crippen LogP contribution in [0.1, 0.15) is 70.4 Å². The highest BCUT2D eigenvalue weighted by Gasteiger charge is 2.64. The van der Waals surface area contributed by atoms with Crippen molar-refractivity contribution in [2.75, 3.05) is 0 Å².